The molecule has 0 bridgehead atoms. The van der Waals surface area contributed by atoms with Gasteiger partial charge >= 0.3 is 0 Å². The molecule has 0 saturated carbocycles. The van der Waals surface area contributed by atoms with Crippen molar-refractivity contribution in [2.24, 2.45) is 5.10 Å². The average Bonchev–Trinajstić information content (AvgIpc) is 3.50. The Morgan fingerprint density at radius 2 is 1.75 bits per heavy atom. The molecule has 12 heteroatoms. The lowest BCUT2D eigenvalue weighted by molar-refractivity contribution is -0.118. The summed E-state index contributed by atoms with van der Waals surface area (Å²) in [5.74, 6) is -0.852. The van der Waals surface area contributed by atoms with Gasteiger partial charge in [0.1, 0.15) is 5.82 Å². The maximum Gasteiger partial charge on any atom is 0.271 e. The Bertz CT molecular complexity index is 1780. The molecule has 5 rings (SSSR count). The molecular weight excluding hydrogens is 605 g/mol. The molecule has 0 fully saturated rings. The predicted molar refractivity (Wildman–Crippen MR) is 171 cm³/mol. The number of benzene rings is 4. The van der Waals surface area contributed by atoms with E-state index in [2.05, 4.69) is 26.1 Å². The maximum absolute atomic E-state index is 13.1. The predicted octanol–water partition coefficient (Wildman–Crippen LogP) is 7.14. The Morgan fingerprint density at radius 3 is 2.48 bits per heavy atom. The minimum atomic E-state index is -0.465. The van der Waals surface area contributed by atoms with Gasteiger partial charge in [0.25, 0.3) is 11.8 Å². The number of methoxy groups -OCH3 is 1. The van der Waals surface area contributed by atoms with Crippen LogP contribution in [0.1, 0.15) is 15.9 Å². The molecule has 5 aromatic rings. The number of nitrogens with one attached hydrogen (secondary N) is 3. The molecule has 9 nitrogen and oxygen atoms in total. The molecular formula is C32H25ClFN5O4S. The van der Waals surface area contributed by atoms with E-state index in [1.165, 1.54) is 48.9 Å². The highest BCUT2D eigenvalue weighted by Crippen LogP contribution is 2.36. The summed E-state index contributed by atoms with van der Waals surface area (Å²) >= 11 is 7.88. The number of hydrazone groups is 1. The number of thiazole rings is 1. The van der Waals surface area contributed by atoms with Crippen LogP contribution in [0.5, 0.6) is 11.5 Å². The molecule has 3 N–H and O–H groups in total. The van der Waals surface area contributed by atoms with Crippen LogP contribution in [0, 0.1) is 5.82 Å². The summed E-state index contributed by atoms with van der Waals surface area (Å²) in [5.41, 5.74) is 6.48. The van der Waals surface area contributed by atoms with Gasteiger partial charge in [-0.3, -0.25) is 9.59 Å². The monoisotopic (exact) mass is 629 g/mol. The number of nitrogens with zero attached hydrogens (tertiary/aromatic N) is 2. The van der Waals surface area contributed by atoms with Gasteiger partial charge in [-0.25, -0.2) is 14.8 Å². The zero-order valence-corrected chi connectivity index (χ0v) is 24.8. The van der Waals surface area contributed by atoms with E-state index in [9.17, 15) is 14.0 Å². The normalized spacial score (nSPS) is 10.8. The Balaban J connectivity index is 1.15. The first kappa shape index (κ1) is 30.2. The fraction of sp³-hybridized carbons (Fsp3) is 0.0625. The highest BCUT2D eigenvalue weighted by atomic mass is 35.5. The molecule has 4 aromatic carbocycles. The third-order valence-corrected chi connectivity index (χ3v) is 7.12. The van der Waals surface area contributed by atoms with E-state index in [0.717, 1.165) is 22.1 Å². The second-order valence-corrected chi connectivity index (χ2v) is 10.4. The number of ether oxygens (including phenoxy) is 2. The fourth-order valence-corrected chi connectivity index (χ4v) is 4.97. The van der Waals surface area contributed by atoms with E-state index in [0.29, 0.717) is 16.8 Å². The van der Waals surface area contributed by atoms with Crippen molar-refractivity contribution in [1.82, 2.24) is 10.4 Å². The summed E-state index contributed by atoms with van der Waals surface area (Å²) in [6, 6.07) is 25.3. The molecule has 0 atom stereocenters. The fourth-order valence-electron chi connectivity index (χ4n) is 3.95. The summed E-state index contributed by atoms with van der Waals surface area (Å²) in [4.78, 5) is 29.5. The molecule has 0 spiro atoms. The van der Waals surface area contributed by atoms with Gasteiger partial charge in [-0.2, -0.15) is 5.10 Å². The third-order valence-electron chi connectivity index (χ3n) is 6.08. The quantitative estimate of drug-likeness (QED) is 0.106. The number of anilines is 3. The van der Waals surface area contributed by atoms with E-state index in [-0.39, 0.29) is 23.1 Å². The summed E-state index contributed by atoms with van der Waals surface area (Å²) < 4.78 is 24.0. The number of hydrogen-bond acceptors (Lipinski definition) is 8. The third kappa shape index (κ3) is 7.97. The molecule has 0 unspecified atom stereocenters. The van der Waals surface area contributed by atoms with Crippen molar-refractivity contribution in [1.29, 1.82) is 0 Å². The Morgan fingerprint density at radius 1 is 1.00 bits per heavy atom. The van der Waals surface area contributed by atoms with Crippen LogP contribution in [0.25, 0.3) is 11.3 Å². The van der Waals surface area contributed by atoms with Crippen LogP contribution >= 0.6 is 22.9 Å². The first-order valence-corrected chi connectivity index (χ1v) is 14.4. The number of amides is 2. The molecule has 0 aliphatic rings. The van der Waals surface area contributed by atoms with Gasteiger partial charge in [0, 0.05) is 27.9 Å². The summed E-state index contributed by atoms with van der Waals surface area (Å²) in [6.45, 7) is -0.357. The maximum atomic E-state index is 13.1. The minimum Gasteiger partial charge on any atom is -0.493 e. The lowest BCUT2D eigenvalue weighted by atomic mass is 10.1. The van der Waals surface area contributed by atoms with Crippen molar-refractivity contribution in [2.75, 3.05) is 24.4 Å². The highest BCUT2D eigenvalue weighted by molar-refractivity contribution is 7.14. The van der Waals surface area contributed by atoms with Gasteiger partial charge < -0.3 is 20.1 Å². The van der Waals surface area contributed by atoms with Crippen molar-refractivity contribution in [3.8, 4) is 22.8 Å². The molecule has 0 aliphatic carbocycles. The average molecular weight is 630 g/mol. The minimum absolute atomic E-state index is 0.160. The van der Waals surface area contributed by atoms with Crippen molar-refractivity contribution in [2.45, 2.75) is 0 Å². The zero-order valence-electron chi connectivity index (χ0n) is 23.2. The van der Waals surface area contributed by atoms with E-state index in [1.54, 1.807) is 24.3 Å². The van der Waals surface area contributed by atoms with Crippen molar-refractivity contribution in [3.05, 3.63) is 118 Å². The van der Waals surface area contributed by atoms with Gasteiger partial charge in [0.05, 0.1) is 24.0 Å². The largest absolute Gasteiger partial charge is 0.493 e. The van der Waals surface area contributed by atoms with Crippen LogP contribution in [-0.2, 0) is 4.79 Å². The second kappa shape index (κ2) is 14.3. The van der Waals surface area contributed by atoms with Crippen molar-refractivity contribution in [3.63, 3.8) is 0 Å². The zero-order chi connectivity index (χ0) is 30.9. The summed E-state index contributed by atoms with van der Waals surface area (Å²) in [5, 5.41) is 12.8. The van der Waals surface area contributed by atoms with Crippen LogP contribution in [0.2, 0.25) is 5.02 Å². The van der Waals surface area contributed by atoms with Gasteiger partial charge in [0.15, 0.2) is 23.2 Å². The summed E-state index contributed by atoms with van der Waals surface area (Å²) in [6.07, 6.45) is 1.40. The number of hydrogen-bond donors (Lipinski definition) is 3. The van der Waals surface area contributed by atoms with Gasteiger partial charge in [-0.15, -0.1) is 11.3 Å². The first-order chi connectivity index (χ1) is 21.4. The first-order valence-electron chi connectivity index (χ1n) is 13.1. The van der Waals surface area contributed by atoms with E-state index in [1.807, 2.05) is 47.8 Å². The molecule has 44 heavy (non-hydrogen) atoms. The van der Waals surface area contributed by atoms with Gasteiger partial charge in [0.2, 0.25) is 0 Å². The standard InChI is InChI=1S/C32H25ClFN5O4S/c1-42-28-16-20(15-26(33)30(28)43-18-29(40)36-25-13-11-23(34)12-14-25)17-35-39-31(41)22-9-7-21(8-10-22)27-19-44-32(38-27)37-24-5-3-2-4-6-24/h2-17,19H,18H2,1H3,(H,36,40)(H,37,38)(H,39,41)/b35-17+. The number of carbonyl (C=O) groups excluding carboxylic acids is 2. The Hall–Kier alpha value is -5.26. The number of rotatable bonds is 11. The lowest BCUT2D eigenvalue weighted by Crippen LogP contribution is -2.20. The smallest absolute Gasteiger partial charge is 0.271 e. The number of aromatic nitrogens is 1. The van der Waals surface area contributed by atoms with Crippen LogP contribution in [0.3, 0.4) is 0 Å². The van der Waals surface area contributed by atoms with Crippen molar-refractivity contribution >= 4 is 57.5 Å². The molecule has 0 saturated heterocycles. The molecule has 1 heterocycles. The molecule has 0 aliphatic heterocycles. The second-order valence-electron chi connectivity index (χ2n) is 9.18. The number of carbonyl (C=O) groups is 2. The summed E-state index contributed by atoms with van der Waals surface area (Å²) in [7, 11) is 1.43. The molecule has 2 amide bonds. The van der Waals surface area contributed by atoms with Crippen LogP contribution in [0.4, 0.5) is 20.9 Å². The van der Waals surface area contributed by atoms with Crippen LogP contribution in [0.15, 0.2) is 101 Å². The Kier molecular flexibility index (Phi) is 9.80. The van der Waals surface area contributed by atoms with Crippen LogP contribution < -0.4 is 25.5 Å². The number of halogens is 2. The molecule has 0 radical (unpaired) electrons. The van der Waals surface area contributed by atoms with E-state index < -0.39 is 17.6 Å². The SMILES string of the molecule is COc1cc(/C=N/NC(=O)c2ccc(-c3csc(Nc4ccccc4)n3)cc2)cc(Cl)c1OCC(=O)Nc1ccc(F)cc1. The Labute approximate surface area is 261 Å². The lowest BCUT2D eigenvalue weighted by Gasteiger charge is -2.13. The molecule has 1 aromatic heterocycles. The topological polar surface area (TPSA) is 114 Å². The number of para-hydroxylation sites is 1. The molecule has 222 valence electrons. The highest BCUT2D eigenvalue weighted by Gasteiger charge is 2.14. The van der Waals surface area contributed by atoms with Crippen molar-refractivity contribution < 1.29 is 23.5 Å². The van der Waals surface area contributed by atoms with Gasteiger partial charge in [-0.05, 0) is 66.2 Å². The van der Waals surface area contributed by atoms with E-state index in [4.69, 9.17) is 21.1 Å². The van der Waals surface area contributed by atoms with E-state index >= 15 is 0 Å². The van der Waals surface area contributed by atoms with Crippen LogP contribution in [-0.4, -0.2) is 36.7 Å². The van der Waals surface area contributed by atoms with Gasteiger partial charge in [-0.1, -0.05) is 41.9 Å².